The lowest BCUT2D eigenvalue weighted by molar-refractivity contribution is -0.116. The molecule has 26 heavy (non-hydrogen) atoms. The molecule has 0 radical (unpaired) electrons. The number of hydrogen-bond acceptors (Lipinski definition) is 5. The molecule has 0 fully saturated rings. The summed E-state index contributed by atoms with van der Waals surface area (Å²) in [5.74, 6) is 5.98. The number of nitrogens with two attached hydrogens (primary N) is 2. The van der Waals surface area contributed by atoms with Crippen molar-refractivity contribution >= 4 is 18.0 Å². The quantitative estimate of drug-likeness (QED) is 0.183. The number of hydroxylamine groups is 1. The number of nitrogens with one attached hydrogen (secondary N) is 2. The second-order valence-corrected chi connectivity index (χ2v) is 5.31. The van der Waals surface area contributed by atoms with Gasteiger partial charge in [-0.1, -0.05) is 11.8 Å². The standard InChI is InChI=1S/C18H19N3O.CH3NO2/c1-13(12-19)21-18(22)16-8-4-14(5-9-16)2-3-15-6-10-17(20)11-7-15;3-1-2-4/h4-11,13H,12,19-20H2,1H3,(H,21,22);1,4H,(H,2,3). The zero-order valence-electron chi connectivity index (χ0n) is 14.4. The monoisotopic (exact) mass is 354 g/mol. The van der Waals surface area contributed by atoms with Crippen LogP contribution in [0.4, 0.5) is 5.69 Å². The van der Waals surface area contributed by atoms with Crippen LogP contribution in [0.5, 0.6) is 0 Å². The first-order valence-electron chi connectivity index (χ1n) is 7.82. The Hall–Kier alpha value is -3.34. The summed E-state index contributed by atoms with van der Waals surface area (Å²) < 4.78 is 0. The Morgan fingerprint density at radius 1 is 1.12 bits per heavy atom. The molecular formula is C19H22N4O3. The number of carbonyl (C=O) groups is 2. The highest BCUT2D eigenvalue weighted by atomic mass is 16.5. The van der Waals surface area contributed by atoms with Crippen LogP contribution in [0.1, 0.15) is 28.4 Å². The molecule has 7 N–H and O–H groups in total. The van der Waals surface area contributed by atoms with E-state index in [2.05, 4.69) is 17.2 Å². The maximum atomic E-state index is 11.9. The van der Waals surface area contributed by atoms with E-state index in [0.717, 1.165) is 11.1 Å². The topological polar surface area (TPSA) is 130 Å². The summed E-state index contributed by atoms with van der Waals surface area (Å²) in [6, 6.07) is 14.5. The molecule has 2 rings (SSSR count). The summed E-state index contributed by atoms with van der Waals surface area (Å²) in [4.78, 5) is 20.7. The van der Waals surface area contributed by atoms with Gasteiger partial charge in [0.25, 0.3) is 5.91 Å². The highest BCUT2D eigenvalue weighted by Crippen LogP contribution is 2.06. The molecule has 1 unspecified atom stereocenters. The average Bonchev–Trinajstić information content (AvgIpc) is 2.68. The smallest absolute Gasteiger partial charge is 0.251 e. The molecule has 2 amide bonds. The first-order chi connectivity index (χ1) is 12.5. The van der Waals surface area contributed by atoms with Gasteiger partial charge < -0.3 is 16.8 Å². The molecule has 0 bridgehead atoms. The Kier molecular flexibility index (Phi) is 8.96. The molecule has 0 saturated heterocycles. The van der Waals surface area contributed by atoms with E-state index >= 15 is 0 Å². The zero-order valence-corrected chi connectivity index (χ0v) is 14.4. The predicted octanol–water partition coefficient (Wildman–Crippen LogP) is 0.867. The Labute approximate surface area is 152 Å². The maximum absolute atomic E-state index is 11.9. The predicted molar refractivity (Wildman–Crippen MR) is 100 cm³/mol. The molecule has 1 atom stereocenters. The number of hydrogen-bond donors (Lipinski definition) is 5. The second kappa shape index (κ2) is 11.3. The van der Waals surface area contributed by atoms with Crippen molar-refractivity contribution < 1.29 is 14.8 Å². The van der Waals surface area contributed by atoms with E-state index in [1.54, 1.807) is 12.1 Å². The zero-order chi connectivity index (χ0) is 19.4. The van der Waals surface area contributed by atoms with Gasteiger partial charge in [-0.05, 0) is 55.5 Å². The number of amides is 2. The van der Waals surface area contributed by atoms with Crippen molar-refractivity contribution in [3.63, 3.8) is 0 Å². The molecule has 0 aromatic heterocycles. The number of nitrogen functional groups attached to an aromatic ring is 1. The van der Waals surface area contributed by atoms with Gasteiger partial charge >= 0.3 is 0 Å². The van der Waals surface area contributed by atoms with Gasteiger partial charge in [0.15, 0.2) is 0 Å². The number of anilines is 1. The van der Waals surface area contributed by atoms with Crippen LogP contribution >= 0.6 is 0 Å². The van der Waals surface area contributed by atoms with Crippen molar-refractivity contribution in [3.05, 3.63) is 65.2 Å². The molecule has 0 aliphatic carbocycles. The lowest BCUT2D eigenvalue weighted by Gasteiger charge is -2.10. The molecule has 136 valence electrons. The highest BCUT2D eigenvalue weighted by molar-refractivity contribution is 5.94. The van der Waals surface area contributed by atoms with E-state index in [4.69, 9.17) is 21.5 Å². The van der Waals surface area contributed by atoms with Crippen LogP contribution in [0.15, 0.2) is 48.5 Å². The molecular weight excluding hydrogens is 332 g/mol. The molecule has 0 spiro atoms. The maximum Gasteiger partial charge on any atom is 0.251 e. The van der Waals surface area contributed by atoms with Crippen LogP contribution in [0.3, 0.4) is 0 Å². The van der Waals surface area contributed by atoms with Crippen LogP contribution in [-0.4, -0.2) is 30.1 Å². The third-order valence-corrected chi connectivity index (χ3v) is 3.19. The van der Waals surface area contributed by atoms with Crippen molar-refractivity contribution in [1.29, 1.82) is 0 Å². The third-order valence-electron chi connectivity index (χ3n) is 3.19. The fourth-order valence-corrected chi connectivity index (χ4v) is 1.78. The van der Waals surface area contributed by atoms with Crippen LogP contribution in [-0.2, 0) is 4.79 Å². The van der Waals surface area contributed by atoms with Gasteiger partial charge in [0.05, 0.1) is 0 Å². The highest BCUT2D eigenvalue weighted by Gasteiger charge is 2.07. The van der Waals surface area contributed by atoms with Gasteiger partial charge in [0.2, 0.25) is 6.41 Å². The van der Waals surface area contributed by atoms with Crippen LogP contribution in [0, 0.1) is 11.8 Å². The molecule has 7 nitrogen and oxygen atoms in total. The molecule has 0 aliphatic rings. The minimum absolute atomic E-state index is 0.0440. The van der Waals surface area contributed by atoms with Crippen molar-refractivity contribution in [2.45, 2.75) is 13.0 Å². The van der Waals surface area contributed by atoms with Crippen molar-refractivity contribution in [2.24, 2.45) is 5.73 Å². The van der Waals surface area contributed by atoms with Gasteiger partial charge in [0, 0.05) is 35.0 Å². The fraction of sp³-hybridized carbons (Fsp3) is 0.158. The van der Waals surface area contributed by atoms with Crippen LogP contribution in [0.25, 0.3) is 0 Å². The molecule has 0 heterocycles. The molecule has 2 aromatic carbocycles. The lowest BCUT2D eigenvalue weighted by atomic mass is 10.1. The van der Waals surface area contributed by atoms with E-state index in [1.165, 1.54) is 5.48 Å². The Morgan fingerprint density at radius 2 is 1.58 bits per heavy atom. The first kappa shape index (κ1) is 20.7. The molecule has 0 aliphatic heterocycles. The SMILES string of the molecule is CC(CN)NC(=O)c1ccc(C#Cc2ccc(N)cc2)cc1.O=CNO. The molecule has 0 saturated carbocycles. The van der Waals surface area contributed by atoms with E-state index < -0.39 is 0 Å². The lowest BCUT2D eigenvalue weighted by Crippen LogP contribution is -2.37. The number of rotatable bonds is 4. The van der Waals surface area contributed by atoms with Gasteiger partial charge in [-0.3, -0.25) is 14.8 Å². The largest absolute Gasteiger partial charge is 0.399 e. The number of benzene rings is 2. The average molecular weight is 354 g/mol. The van der Waals surface area contributed by atoms with Gasteiger partial charge in [-0.15, -0.1) is 0 Å². The van der Waals surface area contributed by atoms with Crippen molar-refractivity contribution in [3.8, 4) is 11.8 Å². The van der Waals surface area contributed by atoms with Gasteiger partial charge in [0.1, 0.15) is 0 Å². The van der Waals surface area contributed by atoms with Crippen molar-refractivity contribution in [2.75, 3.05) is 12.3 Å². The Bertz CT molecular complexity index is 762. The Balaban J connectivity index is 0.000000765. The van der Waals surface area contributed by atoms with E-state index in [-0.39, 0.29) is 18.4 Å². The van der Waals surface area contributed by atoms with Gasteiger partial charge in [-0.2, -0.15) is 0 Å². The first-order valence-corrected chi connectivity index (χ1v) is 7.82. The summed E-state index contributed by atoms with van der Waals surface area (Å²) in [6.07, 6.45) is 0.181. The van der Waals surface area contributed by atoms with Crippen LogP contribution in [0.2, 0.25) is 0 Å². The van der Waals surface area contributed by atoms with E-state index in [9.17, 15) is 4.79 Å². The second-order valence-electron chi connectivity index (χ2n) is 5.31. The summed E-state index contributed by atoms with van der Waals surface area (Å²) in [7, 11) is 0. The summed E-state index contributed by atoms with van der Waals surface area (Å²) in [5, 5.41) is 10.1. The summed E-state index contributed by atoms with van der Waals surface area (Å²) in [6.45, 7) is 2.28. The number of carbonyl (C=O) groups excluding carboxylic acids is 2. The Morgan fingerprint density at radius 3 is 2.00 bits per heavy atom. The van der Waals surface area contributed by atoms with Crippen LogP contribution < -0.4 is 22.3 Å². The summed E-state index contributed by atoms with van der Waals surface area (Å²) >= 11 is 0. The van der Waals surface area contributed by atoms with E-state index in [0.29, 0.717) is 17.8 Å². The minimum atomic E-state index is -0.129. The minimum Gasteiger partial charge on any atom is -0.399 e. The molecule has 7 heteroatoms. The normalized spacial score (nSPS) is 10.3. The third kappa shape index (κ3) is 7.49. The van der Waals surface area contributed by atoms with Gasteiger partial charge in [-0.25, -0.2) is 5.48 Å². The molecule has 2 aromatic rings. The fourth-order valence-electron chi connectivity index (χ4n) is 1.78. The summed E-state index contributed by atoms with van der Waals surface area (Å²) in [5.41, 5.74) is 15.4. The van der Waals surface area contributed by atoms with E-state index in [1.807, 2.05) is 43.3 Å². The van der Waals surface area contributed by atoms with Crippen molar-refractivity contribution in [1.82, 2.24) is 10.8 Å².